The number of benzene rings is 1. The summed E-state index contributed by atoms with van der Waals surface area (Å²) in [7, 11) is 0. The molecule has 0 spiro atoms. The lowest BCUT2D eigenvalue weighted by atomic mass is 9.82. The maximum Gasteiger partial charge on any atom is 0.159 e. The minimum absolute atomic E-state index is 0.123. The normalized spacial score (nSPS) is 19.1. The topological polar surface area (TPSA) is 41.3 Å². The lowest BCUT2D eigenvalue weighted by Crippen LogP contribution is -2.56. The zero-order valence-corrected chi connectivity index (χ0v) is 12.8. The van der Waals surface area contributed by atoms with Gasteiger partial charge in [0.05, 0.1) is 6.04 Å². The van der Waals surface area contributed by atoms with E-state index in [0.717, 1.165) is 38.8 Å². The van der Waals surface area contributed by atoms with Crippen LogP contribution in [0.3, 0.4) is 0 Å². The SMILES string of the molecule is CCN(CC)C1(C(NN)c2ccc(F)c(F)c2)CCCC1. The van der Waals surface area contributed by atoms with E-state index in [1.165, 1.54) is 12.1 Å². The lowest BCUT2D eigenvalue weighted by molar-refractivity contribution is 0.0625. The Morgan fingerprint density at radius 2 is 1.81 bits per heavy atom. The van der Waals surface area contributed by atoms with Crippen molar-refractivity contribution in [3.63, 3.8) is 0 Å². The Bertz CT molecular complexity index is 469. The Morgan fingerprint density at radius 1 is 1.19 bits per heavy atom. The molecule has 1 atom stereocenters. The molecule has 3 nitrogen and oxygen atoms in total. The molecule has 0 amide bonds. The molecule has 0 bridgehead atoms. The fourth-order valence-electron chi connectivity index (χ4n) is 3.88. The number of nitrogens with zero attached hydrogens (tertiary/aromatic N) is 1. The summed E-state index contributed by atoms with van der Waals surface area (Å²) < 4.78 is 26.8. The van der Waals surface area contributed by atoms with Crippen LogP contribution in [0.4, 0.5) is 8.78 Å². The van der Waals surface area contributed by atoms with Gasteiger partial charge >= 0.3 is 0 Å². The van der Waals surface area contributed by atoms with Gasteiger partial charge in [-0.15, -0.1) is 0 Å². The molecule has 0 saturated heterocycles. The summed E-state index contributed by atoms with van der Waals surface area (Å²) in [6.45, 7) is 6.08. The van der Waals surface area contributed by atoms with Crippen molar-refractivity contribution in [3.8, 4) is 0 Å². The van der Waals surface area contributed by atoms with Crippen molar-refractivity contribution in [1.82, 2.24) is 10.3 Å². The number of rotatable bonds is 6. The minimum atomic E-state index is -0.821. The zero-order chi connectivity index (χ0) is 15.5. The molecule has 1 aromatic rings. The molecule has 0 aliphatic heterocycles. The largest absolute Gasteiger partial charge is 0.296 e. The van der Waals surface area contributed by atoms with Crippen LogP contribution >= 0.6 is 0 Å². The highest BCUT2D eigenvalue weighted by Crippen LogP contribution is 2.44. The maximum absolute atomic E-state index is 13.6. The van der Waals surface area contributed by atoms with Gasteiger partial charge in [-0.05, 0) is 43.6 Å². The molecule has 2 rings (SSSR count). The quantitative estimate of drug-likeness (QED) is 0.626. The Morgan fingerprint density at radius 3 is 2.29 bits per heavy atom. The monoisotopic (exact) mass is 297 g/mol. The summed E-state index contributed by atoms with van der Waals surface area (Å²) in [5.41, 5.74) is 3.46. The van der Waals surface area contributed by atoms with Gasteiger partial charge in [0.1, 0.15) is 0 Å². The Hall–Kier alpha value is -1.04. The van der Waals surface area contributed by atoms with E-state index in [-0.39, 0.29) is 11.6 Å². The molecule has 5 heteroatoms. The number of nitrogens with two attached hydrogens (primary N) is 1. The van der Waals surface area contributed by atoms with Gasteiger partial charge in [-0.2, -0.15) is 0 Å². The van der Waals surface area contributed by atoms with E-state index in [4.69, 9.17) is 5.84 Å². The van der Waals surface area contributed by atoms with Crippen LogP contribution in [-0.4, -0.2) is 23.5 Å². The molecule has 1 aromatic carbocycles. The summed E-state index contributed by atoms with van der Waals surface area (Å²) in [5.74, 6) is 4.17. The second-order valence-electron chi connectivity index (χ2n) is 5.76. The van der Waals surface area contributed by atoms with Crippen molar-refractivity contribution in [2.75, 3.05) is 13.1 Å². The Kier molecular flexibility index (Phi) is 5.30. The van der Waals surface area contributed by atoms with Crippen molar-refractivity contribution in [2.45, 2.75) is 51.1 Å². The number of hydrogen-bond donors (Lipinski definition) is 2. The van der Waals surface area contributed by atoms with Crippen LogP contribution in [0, 0.1) is 11.6 Å². The van der Waals surface area contributed by atoms with Crippen LogP contribution in [0.1, 0.15) is 51.1 Å². The van der Waals surface area contributed by atoms with Crippen LogP contribution in [0.5, 0.6) is 0 Å². The molecule has 1 aliphatic rings. The van der Waals surface area contributed by atoms with Gasteiger partial charge in [-0.25, -0.2) is 8.78 Å². The fraction of sp³-hybridized carbons (Fsp3) is 0.625. The standard InChI is InChI=1S/C16H25F2N3/c1-3-21(4-2)16(9-5-6-10-16)15(20-19)12-7-8-13(17)14(18)11-12/h7-8,11,15,20H,3-6,9-10,19H2,1-2H3. The molecule has 118 valence electrons. The third-order valence-electron chi connectivity index (χ3n) is 4.84. The number of hydrogen-bond acceptors (Lipinski definition) is 3. The van der Waals surface area contributed by atoms with Crippen LogP contribution in [-0.2, 0) is 0 Å². The maximum atomic E-state index is 13.6. The zero-order valence-electron chi connectivity index (χ0n) is 12.8. The fourth-order valence-corrected chi connectivity index (χ4v) is 3.88. The minimum Gasteiger partial charge on any atom is -0.296 e. The molecule has 21 heavy (non-hydrogen) atoms. The van der Waals surface area contributed by atoms with Crippen molar-refractivity contribution >= 4 is 0 Å². The molecule has 0 radical (unpaired) electrons. The third-order valence-corrected chi connectivity index (χ3v) is 4.84. The van der Waals surface area contributed by atoms with Gasteiger partial charge in [0, 0.05) is 5.54 Å². The van der Waals surface area contributed by atoms with Crippen LogP contribution in [0.15, 0.2) is 18.2 Å². The van der Waals surface area contributed by atoms with E-state index >= 15 is 0 Å². The smallest absolute Gasteiger partial charge is 0.159 e. The number of halogens is 2. The van der Waals surface area contributed by atoms with Crippen molar-refractivity contribution in [2.24, 2.45) is 5.84 Å². The average Bonchev–Trinajstić information content (AvgIpc) is 2.95. The van der Waals surface area contributed by atoms with Gasteiger partial charge in [0.2, 0.25) is 0 Å². The number of nitrogens with one attached hydrogen (secondary N) is 1. The summed E-state index contributed by atoms with van der Waals surface area (Å²) in [6.07, 6.45) is 4.31. The average molecular weight is 297 g/mol. The Balaban J connectivity index is 2.42. The number of hydrazine groups is 1. The predicted molar refractivity (Wildman–Crippen MR) is 80.5 cm³/mol. The van der Waals surface area contributed by atoms with E-state index in [1.54, 1.807) is 6.07 Å². The highest BCUT2D eigenvalue weighted by molar-refractivity contribution is 5.26. The first-order chi connectivity index (χ1) is 10.1. The van der Waals surface area contributed by atoms with Crippen molar-refractivity contribution < 1.29 is 8.78 Å². The molecule has 1 fully saturated rings. The summed E-state index contributed by atoms with van der Waals surface area (Å²) in [6, 6.07) is 3.88. The highest BCUT2D eigenvalue weighted by atomic mass is 19.2. The van der Waals surface area contributed by atoms with Crippen LogP contribution < -0.4 is 11.3 Å². The lowest BCUT2D eigenvalue weighted by Gasteiger charge is -2.46. The predicted octanol–water partition coefficient (Wildman–Crippen LogP) is 3.12. The van der Waals surface area contributed by atoms with E-state index < -0.39 is 11.6 Å². The molecule has 1 unspecified atom stereocenters. The first-order valence-electron chi connectivity index (χ1n) is 7.75. The third kappa shape index (κ3) is 2.96. The first kappa shape index (κ1) is 16.3. The summed E-state index contributed by atoms with van der Waals surface area (Å²) in [5, 5.41) is 0. The second-order valence-corrected chi connectivity index (χ2v) is 5.76. The summed E-state index contributed by atoms with van der Waals surface area (Å²) >= 11 is 0. The first-order valence-corrected chi connectivity index (χ1v) is 7.75. The van der Waals surface area contributed by atoms with Crippen LogP contribution in [0.2, 0.25) is 0 Å². The molecule has 1 saturated carbocycles. The van der Waals surface area contributed by atoms with Gasteiger partial charge in [-0.1, -0.05) is 32.8 Å². The highest BCUT2D eigenvalue weighted by Gasteiger charge is 2.45. The second kappa shape index (κ2) is 6.81. The number of likely N-dealkylation sites (N-methyl/N-ethyl adjacent to an activating group) is 1. The van der Waals surface area contributed by atoms with E-state index in [0.29, 0.717) is 5.56 Å². The van der Waals surface area contributed by atoms with Crippen molar-refractivity contribution in [1.29, 1.82) is 0 Å². The molecule has 3 N–H and O–H groups in total. The van der Waals surface area contributed by atoms with E-state index in [2.05, 4.69) is 24.2 Å². The molecular formula is C16H25F2N3. The van der Waals surface area contributed by atoms with Gasteiger partial charge in [0.15, 0.2) is 11.6 Å². The van der Waals surface area contributed by atoms with E-state index in [1.807, 2.05) is 0 Å². The van der Waals surface area contributed by atoms with Gasteiger partial charge < -0.3 is 0 Å². The van der Waals surface area contributed by atoms with Crippen LogP contribution in [0.25, 0.3) is 0 Å². The van der Waals surface area contributed by atoms with Gasteiger partial charge in [0.25, 0.3) is 0 Å². The molecule has 0 aromatic heterocycles. The molecular weight excluding hydrogens is 272 g/mol. The molecule has 0 heterocycles. The van der Waals surface area contributed by atoms with Gasteiger partial charge in [-0.3, -0.25) is 16.2 Å². The van der Waals surface area contributed by atoms with Crippen molar-refractivity contribution in [3.05, 3.63) is 35.4 Å². The molecule has 1 aliphatic carbocycles. The van der Waals surface area contributed by atoms with E-state index in [9.17, 15) is 8.78 Å². The Labute approximate surface area is 125 Å². The summed E-state index contributed by atoms with van der Waals surface area (Å²) in [4.78, 5) is 2.39.